The highest BCUT2D eigenvalue weighted by Gasteiger charge is 2.16. The molecule has 2 aromatic heterocycles. The van der Waals surface area contributed by atoms with Crippen molar-refractivity contribution in [2.24, 2.45) is 0 Å². The first kappa shape index (κ1) is 19.0. The number of nitrogens with one attached hydrogen (secondary N) is 2. The monoisotopic (exact) mass is 424 g/mol. The highest BCUT2D eigenvalue weighted by Crippen LogP contribution is 2.22. The van der Waals surface area contributed by atoms with Gasteiger partial charge in [-0.15, -0.1) is 11.3 Å². The third kappa shape index (κ3) is 4.10. The van der Waals surface area contributed by atoms with E-state index >= 15 is 0 Å². The van der Waals surface area contributed by atoms with E-state index in [-0.39, 0.29) is 10.8 Å². The zero-order valence-corrected chi connectivity index (χ0v) is 16.9. The van der Waals surface area contributed by atoms with Crippen LogP contribution >= 0.6 is 11.3 Å². The molecule has 7 nitrogen and oxygen atoms in total. The van der Waals surface area contributed by atoms with Crippen LogP contribution < -0.4 is 10.0 Å². The van der Waals surface area contributed by atoms with E-state index in [1.165, 1.54) is 29.7 Å². The van der Waals surface area contributed by atoms with Crippen molar-refractivity contribution in [2.75, 3.05) is 10.0 Å². The summed E-state index contributed by atoms with van der Waals surface area (Å²) in [7, 11) is -3.74. The second-order valence-electron chi connectivity index (χ2n) is 6.25. The van der Waals surface area contributed by atoms with Crippen LogP contribution in [0.4, 0.5) is 10.8 Å². The molecule has 0 radical (unpaired) electrons. The number of para-hydroxylation sites is 1. The van der Waals surface area contributed by atoms with Crippen molar-refractivity contribution in [2.45, 2.75) is 11.8 Å². The molecule has 1 amide bonds. The summed E-state index contributed by atoms with van der Waals surface area (Å²) < 4.78 is 27.2. The molecular weight excluding hydrogens is 408 g/mol. The largest absolute Gasteiger partial charge is 0.322 e. The zero-order valence-electron chi connectivity index (χ0n) is 15.3. The van der Waals surface area contributed by atoms with Gasteiger partial charge in [0.25, 0.3) is 15.9 Å². The van der Waals surface area contributed by atoms with Crippen molar-refractivity contribution in [1.29, 1.82) is 0 Å². The van der Waals surface area contributed by atoms with Crippen molar-refractivity contribution in [3.63, 3.8) is 0 Å². The number of aryl methyl sites for hydroxylation is 1. The molecule has 2 N–H and O–H groups in total. The van der Waals surface area contributed by atoms with Crippen molar-refractivity contribution in [3.05, 3.63) is 77.4 Å². The molecule has 2 heterocycles. The number of thiazole rings is 1. The Kier molecular flexibility index (Phi) is 4.99. The highest BCUT2D eigenvalue weighted by atomic mass is 32.2. The first-order valence-electron chi connectivity index (χ1n) is 8.62. The predicted octanol–water partition coefficient (Wildman–Crippen LogP) is 4.05. The Labute approximate surface area is 171 Å². The molecule has 0 saturated carbocycles. The van der Waals surface area contributed by atoms with Gasteiger partial charge < -0.3 is 5.32 Å². The first-order chi connectivity index (χ1) is 13.9. The molecule has 2 aromatic carbocycles. The topological polar surface area (TPSA) is 101 Å². The minimum absolute atomic E-state index is 0.0795. The van der Waals surface area contributed by atoms with Gasteiger partial charge in [-0.2, -0.15) is 0 Å². The lowest BCUT2D eigenvalue weighted by atomic mass is 10.1. The molecule has 0 aliphatic heterocycles. The minimum atomic E-state index is -3.74. The van der Waals surface area contributed by atoms with E-state index in [1.807, 2.05) is 31.2 Å². The van der Waals surface area contributed by atoms with Crippen LogP contribution in [0, 0.1) is 6.92 Å². The van der Waals surface area contributed by atoms with Gasteiger partial charge in [0, 0.05) is 28.3 Å². The van der Waals surface area contributed by atoms with Gasteiger partial charge in [0.15, 0.2) is 5.13 Å². The minimum Gasteiger partial charge on any atom is -0.322 e. The van der Waals surface area contributed by atoms with Gasteiger partial charge in [0.1, 0.15) is 0 Å². The normalized spacial score (nSPS) is 11.3. The van der Waals surface area contributed by atoms with Gasteiger partial charge in [-0.25, -0.2) is 13.4 Å². The lowest BCUT2D eigenvalue weighted by Gasteiger charge is -2.10. The van der Waals surface area contributed by atoms with E-state index in [2.05, 4.69) is 20.0 Å². The third-order valence-electron chi connectivity index (χ3n) is 4.17. The van der Waals surface area contributed by atoms with Gasteiger partial charge in [-0.3, -0.25) is 14.5 Å². The summed E-state index contributed by atoms with van der Waals surface area (Å²) in [5, 5.41) is 5.54. The molecule has 9 heteroatoms. The fourth-order valence-electron chi connectivity index (χ4n) is 2.86. The summed E-state index contributed by atoms with van der Waals surface area (Å²) >= 11 is 1.19. The molecule has 0 bridgehead atoms. The fraction of sp³-hybridized carbons (Fsp3) is 0.0500. The fourth-order valence-corrected chi connectivity index (χ4v) is 4.65. The SMILES string of the molecule is Cc1cc(C(=O)Nc2ccc(S(=O)(=O)Nc3nccs3)cc2)c2ccccc2n1. The van der Waals surface area contributed by atoms with Gasteiger partial charge >= 0.3 is 0 Å². The molecule has 0 aliphatic carbocycles. The quantitative estimate of drug-likeness (QED) is 0.503. The van der Waals surface area contributed by atoms with Crippen molar-refractivity contribution in [3.8, 4) is 0 Å². The zero-order chi connectivity index (χ0) is 20.4. The number of sulfonamides is 1. The van der Waals surface area contributed by atoms with Gasteiger partial charge in [0.05, 0.1) is 16.0 Å². The molecule has 4 aromatic rings. The summed E-state index contributed by atoms with van der Waals surface area (Å²) in [5.41, 5.74) is 2.48. The van der Waals surface area contributed by atoms with Crippen molar-refractivity contribution in [1.82, 2.24) is 9.97 Å². The summed E-state index contributed by atoms with van der Waals surface area (Å²) in [6.45, 7) is 1.83. The Bertz CT molecular complexity index is 1290. The van der Waals surface area contributed by atoms with Crippen LogP contribution in [0.2, 0.25) is 0 Å². The van der Waals surface area contributed by atoms with E-state index < -0.39 is 10.0 Å². The van der Waals surface area contributed by atoms with Crippen LogP contribution in [0.25, 0.3) is 10.9 Å². The smallest absolute Gasteiger partial charge is 0.263 e. The van der Waals surface area contributed by atoms with Crippen LogP contribution in [0.3, 0.4) is 0 Å². The summed E-state index contributed by atoms with van der Waals surface area (Å²) in [6.07, 6.45) is 1.52. The van der Waals surface area contributed by atoms with Gasteiger partial charge in [0.2, 0.25) is 0 Å². The van der Waals surface area contributed by atoms with Crippen molar-refractivity contribution >= 4 is 49.0 Å². The third-order valence-corrected chi connectivity index (χ3v) is 6.34. The Balaban J connectivity index is 1.56. The first-order valence-corrected chi connectivity index (χ1v) is 11.0. The van der Waals surface area contributed by atoms with E-state index in [4.69, 9.17) is 0 Å². The van der Waals surface area contributed by atoms with Crippen LogP contribution in [0.5, 0.6) is 0 Å². The number of nitrogens with zero attached hydrogens (tertiary/aromatic N) is 2. The number of fused-ring (bicyclic) bond motifs is 1. The number of carbonyl (C=O) groups excluding carboxylic acids is 1. The van der Waals surface area contributed by atoms with E-state index in [0.717, 1.165) is 16.6 Å². The molecular formula is C20H16N4O3S2. The van der Waals surface area contributed by atoms with E-state index in [9.17, 15) is 13.2 Å². The van der Waals surface area contributed by atoms with Crippen LogP contribution in [-0.4, -0.2) is 24.3 Å². The number of carbonyl (C=O) groups is 1. The molecule has 146 valence electrons. The van der Waals surface area contributed by atoms with Crippen LogP contribution in [0.1, 0.15) is 16.1 Å². The highest BCUT2D eigenvalue weighted by molar-refractivity contribution is 7.93. The van der Waals surface area contributed by atoms with Gasteiger partial charge in [-0.1, -0.05) is 18.2 Å². The van der Waals surface area contributed by atoms with Crippen LogP contribution in [0.15, 0.2) is 71.1 Å². The molecule has 0 saturated heterocycles. The summed E-state index contributed by atoms with van der Waals surface area (Å²) in [5.74, 6) is -0.289. The number of rotatable bonds is 5. The number of hydrogen-bond donors (Lipinski definition) is 2. The second kappa shape index (κ2) is 7.61. The van der Waals surface area contributed by atoms with E-state index in [1.54, 1.807) is 23.6 Å². The number of hydrogen-bond acceptors (Lipinski definition) is 6. The average molecular weight is 425 g/mol. The Hall–Kier alpha value is -3.30. The van der Waals surface area contributed by atoms with Gasteiger partial charge in [-0.05, 0) is 43.3 Å². The maximum absolute atomic E-state index is 12.8. The lowest BCUT2D eigenvalue weighted by Crippen LogP contribution is -2.14. The van der Waals surface area contributed by atoms with Crippen LogP contribution in [-0.2, 0) is 10.0 Å². The number of amides is 1. The molecule has 0 fully saturated rings. The van der Waals surface area contributed by atoms with Crippen molar-refractivity contribution < 1.29 is 13.2 Å². The second-order valence-corrected chi connectivity index (χ2v) is 8.83. The summed E-state index contributed by atoms with van der Waals surface area (Å²) in [4.78, 5) is 21.2. The average Bonchev–Trinajstić information content (AvgIpc) is 3.20. The number of aromatic nitrogens is 2. The summed E-state index contributed by atoms with van der Waals surface area (Å²) in [6, 6.07) is 15.1. The number of pyridine rings is 1. The Morgan fingerprint density at radius 3 is 2.55 bits per heavy atom. The Morgan fingerprint density at radius 2 is 1.83 bits per heavy atom. The molecule has 0 atom stereocenters. The number of anilines is 2. The molecule has 0 spiro atoms. The number of benzene rings is 2. The standard InChI is InChI=1S/C20H16N4O3S2/c1-13-12-17(16-4-2-3-5-18(16)22-13)19(25)23-14-6-8-15(9-7-14)29(26,27)24-20-21-10-11-28-20/h2-12H,1H3,(H,21,24)(H,23,25). The Morgan fingerprint density at radius 1 is 1.07 bits per heavy atom. The predicted molar refractivity (Wildman–Crippen MR) is 114 cm³/mol. The maximum Gasteiger partial charge on any atom is 0.263 e. The molecule has 0 aliphatic rings. The molecule has 4 rings (SSSR count). The molecule has 29 heavy (non-hydrogen) atoms. The van der Waals surface area contributed by atoms with E-state index in [0.29, 0.717) is 16.4 Å². The maximum atomic E-state index is 12.8. The lowest BCUT2D eigenvalue weighted by molar-refractivity contribution is 0.102. The molecule has 0 unspecified atom stereocenters.